The van der Waals surface area contributed by atoms with Gasteiger partial charge in [-0.1, -0.05) is 44.9 Å². The Hall–Kier alpha value is -2.33. The second-order valence-corrected chi connectivity index (χ2v) is 9.80. The van der Waals surface area contributed by atoms with Crippen LogP contribution in [0.4, 0.5) is 5.69 Å². The van der Waals surface area contributed by atoms with Gasteiger partial charge in [0.1, 0.15) is 6.54 Å². The lowest BCUT2D eigenvalue weighted by Gasteiger charge is -2.06. The number of carboxylic acids is 1. The van der Waals surface area contributed by atoms with Gasteiger partial charge in [0.15, 0.2) is 0 Å². The highest BCUT2D eigenvalue weighted by atomic mass is 32.2. The van der Waals surface area contributed by atoms with E-state index in [2.05, 4.69) is 22.5 Å². The lowest BCUT2D eigenvalue weighted by Crippen LogP contribution is -2.29. The number of unbranched alkanes of at least 4 members (excludes halogenated alkanes) is 10. The van der Waals surface area contributed by atoms with Crippen LogP contribution < -0.4 is 10.6 Å². The van der Waals surface area contributed by atoms with Crippen LogP contribution in [0.3, 0.4) is 0 Å². The SMILES string of the molecule is CS(=O)CCCCCCCCCCCC#CCCCNc1ccc(C(=O)NCC(=O)O)cc1. The Morgan fingerprint density at radius 3 is 1.97 bits per heavy atom. The molecule has 0 saturated carbocycles. The molecule has 0 bridgehead atoms. The van der Waals surface area contributed by atoms with Crippen molar-refractivity contribution in [3.05, 3.63) is 29.8 Å². The van der Waals surface area contributed by atoms with Crippen molar-refractivity contribution < 1.29 is 18.9 Å². The zero-order valence-electron chi connectivity index (χ0n) is 20.0. The third-order valence-corrected chi connectivity index (χ3v) is 6.08. The Bertz CT molecular complexity index is 769. The average Bonchev–Trinajstić information content (AvgIpc) is 2.79. The highest BCUT2D eigenvalue weighted by Crippen LogP contribution is 2.11. The molecular formula is C26H40N2O4S. The number of hydrogen-bond donors (Lipinski definition) is 3. The van der Waals surface area contributed by atoms with Crippen molar-refractivity contribution in [2.75, 3.05) is 30.4 Å². The van der Waals surface area contributed by atoms with Crippen molar-refractivity contribution in [2.45, 2.75) is 77.0 Å². The van der Waals surface area contributed by atoms with Gasteiger partial charge < -0.3 is 15.7 Å². The standard InChI is InChI=1S/C26H40N2O4S/c1-33(32)21-15-13-11-9-7-5-3-2-4-6-8-10-12-14-20-27-24-18-16-23(17-19-24)26(31)28-22-25(29)30/h16-19,27H,2-7,9,11-15,20-22H2,1H3,(H,28,31)(H,29,30). The molecule has 1 aromatic carbocycles. The van der Waals surface area contributed by atoms with Crippen LogP contribution in [-0.4, -0.2) is 46.3 Å². The monoisotopic (exact) mass is 476 g/mol. The van der Waals surface area contributed by atoms with Crippen LogP contribution in [0.5, 0.6) is 0 Å². The highest BCUT2D eigenvalue weighted by Gasteiger charge is 2.06. The molecule has 0 radical (unpaired) electrons. The van der Waals surface area contributed by atoms with E-state index in [-0.39, 0.29) is 6.54 Å². The minimum atomic E-state index is -1.06. The fourth-order valence-corrected chi connectivity index (χ4v) is 3.95. The topological polar surface area (TPSA) is 95.5 Å². The molecule has 6 nitrogen and oxygen atoms in total. The zero-order valence-corrected chi connectivity index (χ0v) is 20.8. The normalized spacial score (nSPS) is 11.3. The Balaban J connectivity index is 1.95. The Morgan fingerprint density at radius 2 is 1.39 bits per heavy atom. The summed E-state index contributed by atoms with van der Waals surface area (Å²) < 4.78 is 11.0. The largest absolute Gasteiger partial charge is 0.480 e. The molecule has 0 aliphatic carbocycles. The minimum absolute atomic E-state index is 0.384. The first-order valence-corrected chi connectivity index (χ1v) is 13.8. The number of carboxylic acid groups (broad SMARTS) is 1. The second kappa shape index (κ2) is 19.2. The van der Waals surface area contributed by atoms with Crippen molar-refractivity contribution in [3.8, 4) is 11.8 Å². The van der Waals surface area contributed by atoms with Crippen LogP contribution >= 0.6 is 0 Å². The van der Waals surface area contributed by atoms with Crippen LogP contribution in [0.2, 0.25) is 0 Å². The molecule has 3 N–H and O–H groups in total. The molecule has 0 aliphatic rings. The van der Waals surface area contributed by atoms with Crippen LogP contribution in [-0.2, 0) is 15.6 Å². The second-order valence-electron chi connectivity index (χ2n) is 8.25. The zero-order chi connectivity index (χ0) is 24.2. The molecule has 1 amide bonds. The Morgan fingerprint density at radius 1 is 0.848 bits per heavy atom. The first kappa shape index (κ1) is 28.7. The van der Waals surface area contributed by atoms with Gasteiger partial charge in [0.05, 0.1) is 0 Å². The first-order valence-electron chi connectivity index (χ1n) is 12.1. The maximum atomic E-state index is 11.8. The summed E-state index contributed by atoms with van der Waals surface area (Å²) in [6.07, 6.45) is 15.8. The number of carbonyl (C=O) groups excluding carboxylic acids is 1. The molecule has 0 heterocycles. The number of amides is 1. The lowest BCUT2D eigenvalue weighted by molar-refractivity contribution is -0.135. The van der Waals surface area contributed by atoms with Gasteiger partial charge in [-0.2, -0.15) is 0 Å². The molecule has 1 rings (SSSR count). The van der Waals surface area contributed by atoms with E-state index in [0.29, 0.717) is 5.56 Å². The lowest BCUT2D eigenvalue weighted by atomic mass is 10.1. The number of aliphatic carboxylic acids is 1. The minimum Gasteiger partial charge on any atom is -0.480 e. The van der Waals surface area contributed by atoms with Crippen LogP contribution in [0.25, 0.3) is 0 Å². The summed E-state index contributed by atoms with van der Waals surface area (Å²) in [7, 11) is -0.633. The van der Waals surface area contributed by atoms with Gasteiger partial charge in [-0.15, -0.1) is 11.8 Å². The fraction of sp³-hybridized carbons (Fsp3) is 0.615. The molecule has 0 aromatic heterocycles. The molecule has 7 heteroatoms. The van der Waals surface area contributed by atoms with Gasteiger partial charge in [-0.3, -0.25) is 13.8 Å². The summed E-state index contributed by atoms with van der Waals surface area (Å²) in [5, 5.41) is 14.2. The number of hydrogen-bond acceptors (Lipinski definition) is 4. The molecule has 1 atom stereocenters. The molecule has 0 spiro atoms. The van der Waals surface area contributed by atoms with Gasteiger partial charge in [-0.05, 0) is 43.5 Å². The molecular weight excluding hydrogens is 436 g/mol. The van der Waals surface area contributed by atoms with E-state index < -0.39 is 22.7 Å². The van der Waals surface area contributed by atoms with Crippen molar-refractivity contribution in [2.24, 2.45) is 0 Å². The van der Waals surface area contributed by atoms with Gasteiger partial charge >= 0.3 is 5.97 Å². The number of benzene rings is 1. The Kier molecular flexibility index (Phi) is 16.7. The summed E-state index contributed by atoms with van der Waals surface area (Å²) in [5.41, 5.74) is 1.37. The van der Waals surface area contributed by atoms with E-state index in [4.69, 9.17) is 5.11 Å². The van der Waals surface area contributed by atoms with Crippen molar-refractivity contribution >= 4 is 28.4 Å². The highest BCUT2D eigenvalue weighted by molar-refractivity contribution is 7.84. The molecule has 0 aliphatic heterocycles. The van der Waals surface area contributed by atoms with E-state index in [9.17, 15) is 13.8 Å². The number of anilines is 1. The molecule has 1 aromatic rings. The quantitative estimate of drug-likeness (QED) is 0.205. The van der Waals surface area contributed by atoms with Gasteiger partial charge in [-0.25, -0.2) is 0 Å². The van der Waals surface area contributed by atoms with E-state index in [1.54, 1.807) is 18.4 Å². The molecule has 0 fully saturated rings. The molecule has 1 unspecified atom stereocenters. The third kappa shape index (κ3) is 16.9. The fourth-order valence-electron chi connectivity index (χ4n) is 3.34. The number of carbonyl (C=O) groups is 2. The smallest absolute Gasteiger partial charge is 0.322 e. The van der Waals surface area contributed by atoms with E-state index in [1.807, 2.05) is 12.1 Å². The van der Waals surface area contributed by atoms with Gasteiger partial charge in [0.2, 0.25) is 0 Å². The molecule has 33 heavy (non-hydrogen) atoms. The van der Waals surface area contributed by atoms with Gasteiger partial charge in [0.25, 0.3) is 5.91 Å². The summed E-state index contributed by atoms with van der Waals surface area (Å²) in [6.45, 7) is 0.431. The average molecular weight is 477 g/mol. The maximum absolute atomic E-state index is 11.8. The molecule has 0 saturated heterocycles. The summed E-state index contributed by atoms with van der Waals surface area (Å²) in [5.74, 6) is 5.91. The van der Waals surface area contributed by atoms with Crippen LogP contribution in [0, 0.1) is 11.8 Å². The van der Waals surface area contributed by atoms with Crippen LogP contribution in [0.1, 0.15) is 87.4 Å². The summed E-state index contributed by atoms with van der Waals surface area (Å²) in [6, 6.07) is 6.99. The predicted molar refractivity (Wildman–Crippen MR) is 137 cm³/mol. The van der Waals surface area contributed by atoms with Crippen LogP contribution in [0.15, 0.2) is 24.3 Å². The number of rotatable bonds is 18. The van der Waals surface area contributed by atoms with Crippen molar-refractivity contribution in [1.29, 1.82) is 0 Å². The first-order chi connectivity index (χ1) is 16.0. The maximum Gasteiger partial charge on any atom is 0.322 e. The molecule has 184 valence electrons. The van der Waals surface area contributed by atoms with E-state index in [1.165, 1.54) is 51.4 Å². The third-order valence-electron chi connectivity index (χ3n) is 5.21. The van der Waals surface area contributed by atoms with Gasteiger partial charge in [0, 0.05) is 53.4 Å². The predicted octanol–water partition coefficient (Wildman–Crippen LogP) is 4.98. The van der Waals surface area contributed by atoms with Crippen molar-refractivity contribution in [3.63, 3.8) is 0 Å². The summed E-state index contributed by atoms with van der Waals surface area (Å²) >= 11 is 0. The number of nitrogens with one attached hydrogen (secondary N) is 2. The van der Waals surface area contributed by atoms with E-state index >= 15 is 0 Å². The van der Waals surface area contributed by atoms with Crippen molar-refractivity contribution in [1.82, 2.24) is 5.32 Å². The summed E-state index contributed by atoms with van der Waals surface area (Å²) in [4.78, 5) is 22.3. The van der Waals surface area contributed by atoms with E-state index in [0.717, 1.165) is 43.7 Å². The Labute approximate surface area is 201 Å².